The molecule has 2 rings (SSSR count). The third-order valence-electron chi connectivity index (χ3n) is 3.88. The van der Waals surface area contributed by atoms with Crippen molar-refractivity contribution in [2.75, 3.05) is 12.4 Å². The molecule has 2 aromatic carbocycles. The quantitative estimate of drug-likeness (QED) is 0.593. The molecule has 0 aliphatic carbocycles. The van der Waals surface area contributed by atoms with Crippen LogP contribution in [0.5, 0.6) is 11.5 Å². The maximum Gasteiger partial charge on any atom is 0.273 e. The van der Waals surface area contributed by atoms with Gasteiger partial charge in [-0.1, -0.05) is 26.0 Å². The minimum Gasteiger partial charge on any atom is -0.494 e. The van der Waals surface area contributed by atoms with E-state index in [1.54, 1.807) is 6.92 Å². The molecule has 0 aromatic heterocycles. The molecule has 0 saturated heterocycles. The van der Waals surface area contributed by atoms with E-state index in [2.05, 4.69) is 19.2 Å². The fourth-order valence-electron chi connectivity index (χ4n) is 2.32. The summed E-state index contributed by atoms with van der Waals surface area (Å²) in [5, 5.41) is 13.5. The molecule has 0 aliphatic heterocycles. The van der Waals surface area contributed by atoms with Crippen LogP contribution in [0.3, 0.4) is 0 Å². The highest BCUT2D eigenvalue weighted by Gasteiger charge is 2.18. The van der Waals surface area contributed by atoms with Crippen molar-refractivity contribution in [3.8, 4) is 11.5 Å². The predicted octanol–water partition coefficient (Wildman–Crippen LogP) is 4.13. The zero-order valence-corrected chi connectivity index (χ0v) is 15.2. The predicted molar refractivity (Wildman–Crippen MR) is 98.9 cm³/mol. The van der Waals surface area contributed by atoms with E-state index in [0.29, 0.717) is 17.4 Å². The van der Waals surface area contributed by atoms with Crippen LogP contribution in [0, 0.1) is 10.1 Å². The summed E-state index contributed by atoms with van der Waals surface area (Å²) in [4.78, 5) is 22.6. The third kappa shape index (κ3) is 4.72. The van der Waals surface area contributed by atoms with Gasteiger partial charge in [-0.2, -0.15) is 0 Å². The fourth-order valence-corrected chi connectivity index (χ4v) is 2.32. The average Bonchev–Trinajstić information content (AvgIpc) is 2.62. The summed E-state index contributed by atoms with van der Waals surface area (Å²) in [5.41, 5.74) is 1.41. The molecule has 1 N–H and O–H groups in total. The number of nitro groups is 1. The van der Waals surface area contributed by atoms with E-state index in [1.165, 1.54) is 30.9 Å². The van der Waals surface area contributed by atoms with Gasteiger partial charge in [0.25, 0.3) is 11.6 Å². The molecule has 0 fully saturated rings. The van der Waals surface area contributed by atoms with Crippen LogP contribution in [0.25, 0.3) is 0 Å². The summed E-state index contributed by atoms with van der Waals surface area (Å²) >= 11 is 0. The number of benzene rings is 2. The number of carbonyl (C=O) groups excluding carboxylic acids is 1. The number of methoxy groups -OCH3 is 1. The van der Waals surface area contributed by atoms with Crippen molar-refractivity contribution < 1.29 is 19.2 Å². The van der Waals surface area contributed by atoms with Crippen LogP contribution in [-0.2, 0) is 4.79 Å². The Morgan fingerprint density at radius 2 is 1.77 bits per heavy atom. The number of rotatable bonds is 7. The molecular weight excluding hydrogens is 336 g/mol. The molecule has 1 unspecified atom stereocenters. The highest BCUT2D eigenvalue weighted by molar-refractivity contribution is 5.95. The lowest BCUT2D eigenvalue weighted by molar-refractivity contribution is -0.384. The molecule has 7 nitrogen and oxygen atoms in total. The summed E-state index contributed by atoms with van der Waals surface area (Å²) in [5.74, 6) is 0.832. The third-order valence-corrected chi connectivity index (χ3v) is 3.88. The Balaban J connectivity index is 2.05. The topological polar surface area (TPSA) is 90.7 Å². The van der Waals surface area contributed by atoms with Crippen molar-refractivity contribution in [1.29, 1.82) is 0 Å². The number of amides is 1. The monoisotopic (exact) mass is 358 g/mol. The number of carbonyl (C=O) groups is 1. The first-order chi connectivity index (χ1) is 12.3. The lowest BCUT2D eigenvalue weighted by atomic mass is 10.0. The maximum absolute atomic E-state index is 12.4. The molecule has 1 atom stereocenters. The molecule has 138 valence electrons. The molecular formula is C19H22N2O5. The normalized spacial score (nSPS) is 11.7. The van der Waals surface area contributed by atoms with Crippen LogP contribution >= 0.6 is 0 Å². The van der Waals surface area contributed by atoms with Gasteiger partial charge in [0, 0.05) is 6.07 Å². The summed E-state index contributed by atoms with van der Waals surface area (Å²) in [7, 11) is 1.38. The first-order valence-corrected chi connectivity index (χ1v) is 8.21. The van der Waals surface area contributed by atoms with E-state index in [1.807, 2.05) is 24.3 Å². The largest absolute Gasteiger partial charge is 0.494 e. The first kappa shape index (κ1) is 19.2. The lowest BCUT2D eigenvalue weighted by Gasteiger charge is -2.16. The molecule has 2 aromatic rings. The summed E-state index contributed by atoms with van der Waals surface area (Å²) < 4.78 is 10.8. The van der Waals surface area contributed by atoms with E-state index in [0.717, 1.165) is 0 Å². The number of hydrogen-bond acceptors (Lipinski definition) is 5. The zero-order valence-electron chi connectivity index (χ0n) is 15.2. The number of nitrogens with one attached hydrogen (secondary N) is 1. The number of ether oxygens (including phenoxy) is 2. The molecule has 7 heteroatoms. The van der Waals surface area contributed by atoms with Gasteiger partial charge in [-0.3, -0.25) is 14.9 Å². The zero-order chi connectivity index (χ0) is 19.3. The Morgan fingerprint density at radius 3 is 2.31 bits per heavy atom. The van der Waals surface area contributed by atoms with Crippen molar-refractivity contribution in [3.63, 3.8) is 0 Å². The number of anilines is 1. The van der Waals surface area contributed by atoms with Gasteiger partial charge in [0.05, 0.1) is 23.8 Å². The van der Waals surface area contributed by atoms with E-state index >= 15 is 0 Å². The molecule has 1 amide bonds. The van der Waals surface area contributed by atoms with Crippen LogP contribution in [0.1, 0.15) is 32.3 Å². The molecule has 0 aliphatic rings. The summed E-state index contributed by atoms with van der Waals surface area (Å²) in [6.45, 7) is 5.83. The van der Waals surface area contributed by atoms with Gasteiger partial charge in [-0.15, -0.1) is 0 Å². The Hall–Kier alpha value is -3.09. The minimum atomic E-state index is -0.750. The second kappa shape index (κ2) is 8.33. The highest BCUT2D eigenvalue weighted by atomic mass is 16.6. The average molecular weight is 358 g/mol. The van der Waals surface area contributed by atoms with Gasteiger partial charge in [-0.05, 0) is 36.6 Å². The van der Waals surface area contributed by atoms with Crippen LogP contribution in [0.4, 0.5) is 11.4 Å². The smallest absolute Gasteiger partial charge is 0.273 e. The molecule has 0 spiro atoms. The van der Waals surface area contributed by atoms with Gasteiger partial charge >= 0.3 is 0 Å². The van der Waals surface area contributed by atoms with E-state index in [4.69, 9.17) is 9.47 Å². The summed E-state index contributed by atoms with van der Waals surface area (Å²) in [6.07, 6.45) is -0.750. The molecule has 0 bridgehead atoms. The van der Waals surface area contributed by atoms with Gasteiger partial charge < -0.3 is 14.8 Å². The number of nitro benzene ring substituents is 1. The first-order valence-electron chi connectivity index (χ1n) is 8.21. The fraction of sp³-hybridized carbons (Fsp3) is 0.316. The van der Waals surface area contributed by atoms with Crippen molar-refractivity contribution in [2.45, 2.75) is 32.8 Å². The van der Waals surface area contributed by atoms with Crippen molar-refractivity contribution in [3.05, 3.63) is 58.1 Å². The van der Waals surface area contributed by atoms with Gasteiger partial charge in [0.1, 0.15) is 11.5 Å². The lowest BCUT2D eigenvalue weighted by Crippen LogP contribution is -2.30. The van der Waals surface area contributed by atoms with Gasteiger partial charge in [0.2, 0.25) is 0 Å². The Labute approximate surface area is 152 Å². The molecule has 0 saturated carbocycles. The Kier molecular flexibility index (Phi) is 6.16. The van der Waals surface area contributed by atoms with E-state index in [9.17, 15) is 14.9 Å². The van der Waals surface area contributed by atoms with Crippen molar-refractivity contribution in [1.82, 2.24) is 0 Å². The number of nitrogens with zero attached hydrogens (tertiary/aromatic N) is 1. The second-order valence-corrected chi connectivity index (χ2v) is 6.11. The van der Waals surface area contributed by atoms with Crippen molar-refractivity contribution >= 4 is 17.3 Å². The maximum atomic E-state index is 12.4. The second-order valence-electron chi connectivity index (χ2n) is 6.11. The van der Waals surface area contributed by atoms with Crippen molar-refractivity contribution in [2.24, 2.45) is 0 Å². The highest BCUT2D eigenvalue weighted by Crippen LogP contribution is 2.29. The minimum absolute atomic E-state index is 0.116. The van der Waals surface area contributed by atoms with Crippen LogP contribution in [-0.4, -0.2) is 24.0 Å². The van der Waals surface area contributed by atoms with Crippen LogP contribution in [0.2, 0.25) is 0 Å². The van der Waals surface area contributed by atoms with Crippen LogP contribution < -0.4 is 14.8 Å². The van der Waals surface area contributed by atoms with Gasteiger partial charge in [0.15, 0.2) is 6.10 Å². The van der Waals surface area contributed by atoms with E-state index in [-0.39, 0.29) is 17.3 Å². The Bertz CT molecular complexity index is 787. The number of hydrogen-bond donors (Lipinski definition) is 1. The Morgan fingerprint density at radius 1 is 1.12 bits per heavy atom. The molecule has 26 heavy (non-hydrogen) atoms. The molecule has 0 radical (unpaired) electrons. The molecule has 0 heterocycles. The standard InChI is InChI=1S/C19H22N2O5/c1-12(2)14-5-8-16(9-6-14)26-13(3)19(22)20-17-10-7-15(21(23)24)11-18(17)25-4/h5-13H,1-4H3,(H,20,22). The van der Waals surface area contributed by atoms with Crippen LogP contribution in [0.15, 0.2) is 42.5 Å². The van der Waals surface area contributed by atoms with E-state index < -0.39 is 11.0 Å². The summed E-state index contributed by atoms with van der Waals surface area (Å²) in [6, 6.07) is 11.6. The SMILES string of the molecule is COc1cc([N+](=O)[O-])ccc1NC(=O)C(C)Oc1ccc(C(C)C)cc1. The van der Waals surface area contributed by atoms with Gasteiger partial charge in [-0.25, -0.2) is 0 Å². The number of non-ortho nitro benzene ring substituents is 1.